The van der Waals surface area contributed by atoms with Gasteiger partial charge in [-0.15, -0.1) is 0 Å². The SMILES string of the molecule is COc1cc(NC2CCN(C(=O)CC3CC4CCC(C3)N4)CC2)cc(OC)c1. The summed E-state index contributed by atoms with van der Waals surface area (Å²) in [6, 6.07) is 7.55. The fraction of sp³-hybridized carbons (Fsp3) is 0.682. The topological polar surface area (TPSA) is 62.8 Å². The van der Waals surface area contributed by atoms with Gasteiger partial charge in [-0.1, -0.05) is 0 Å². The van der Waals surface area contributed by atoms with Crippen LogP contribution in [0.5, 0.6) is 11.5 Å². The fourth-order valence-electron chi connectivity index (χ4n) is 5.12. The molecule has 0 saturated carbocycles. The second kappa shape index (κ2) is 8.60. The summed E-state index contributed by atoms with van der Waals surface area (Å²) >= 11 is 0. The minimum Gasteiger partial charge on any atom is -0.497 e. The molecule has 3 aliphatic rings. The molecule has 6 nitrogen and oxygen atoms in total. The highest BCUT2D eigenvalue weighted by molar-refractivity contribution is 5.76. The van der Waals surface area contributed by atoms with E-state index in [1.165, 1.54) is 25.7 Å². The van der Waals surface area contributed by atoms with Gasteiger partial charge in [-0.3, -0.25) is 4.79 Å². The summed E-state index contributed by atoms with van der Waals surface area (Å²) in [5.41, 5.74) is 1.01. The zero-order valence-corrected chi connectivity index (χ0v) is 17.1. The van der Waals surface area contributed by atoms with E-state index in [0.717, 1.165) is 49.5 Å². The van der Waals surface area contributed by atoms with Gasteiger partial charge in [0.25, 0.3) is 0 Å². The number of fused-ring (bicyclic) bond motifs is 2. The zero-order chi connectivity index (χ0) is 19.5. The van der Waals surface area contributed by atoms with E-state index in [1.807, 2.05) is 18.2 Å². The number of piperidine rings is 2. The summed E-state index contributed by atoms with van der Waals surface area (Å²) < 4.78 is 10.7. The van der Waals surface area contributed by atoms with Gasteiger partial charge in [0.05, 0.1) is 14.2 Å². The molecule has 3 saturated heterocycles. The molecule has 3 fully saturated rings. The summed E-state index contributed by atoms with van der Waals surface area (Å²) in [5.74, 6) is 2.50. The number of methoxy groups -OCH3 is 2. The monoisotopic (exact) mass is 387 g/mol. The molecular formula is C22H33N3O3. The minimum absolute atomic E-state index is 0.354. The molecule has 3 heterocycles. The fourth-order valence-corrected chi connectivity index (χ4v) is 5.12. The molecule has 28 heavy (non-hydrogen) atoms. The van der Waals surface area contributed by atoms with Gasteiger partial charge in [-0.25, -0.2) is 0 Å². The standard InChI is InChI=1S/C22H33N3O3/c1-27-20-12-19(13-21(14-20)28-2)23-16-5-7-25(8-6-16)22(26)11-15-9-17-3-4-18(10-15)24-17/h12-18,23-24H,3-11H2,1-2H3. The van der Waals surface area contributed by atoms with Crippen LogP contribution in [0, 0.1) is 5.92 Å². The number of carbonyl (C=O) groups excluding carboxylic acids is 1. The van der Waals surface area contributed by atoms with E-state index in [9.17, 15) is 4.79 Å². The first kappa shape index (κ1) is 19.4. The van der Waals surface area contributed by atoms with E-state index in [1.54, 1.807) is 14.2 Å². The van der Waals surface area contributed by atoms with Gasteiger partial charge in [0.2, 0.25) is 5.91 Å². The van der Waals surface area contributed by atoms with Crippen molar-refractivity contribution in [1.82, 2.24) is 10.2 Å². The first-order chi connectivity index (χ1) is 13.6. The summed E-state index contributed by atoms with van der Waals surface area (Å²) in [6.45, 7) is 1.69. The number of amides is 1. The van der Waals surface area contributed by atoms with Crippen LogP contribution < -0.4 is 20.1 Å². The average Bonchev–Trinajstić information content (AvgIpc) is 3.06. The number of nitrogens with zero attached hydrogens (tertiary/aromatic N) is 1. The van der Waals surface area contributed by atoms with Crippen LogP contribution in [0.2, 0.25) is 0 Å². The predicted molar refractivity (Wildman–Crippen MR) is 110 cm³/mol. The third kappa shape index (κ3) is 4.54. The number of hydrogen-bond acceptors (Lipinski definition) is 5. The molecule has 6 heteroatoms. The van der Waals surface area contributed by atoms with E-state index >= 15 is 0 Å². The number of hydrogen-bond donors (Lipinski definition) is 2. The smallest absolute Gasteiger partial charge is 0.222 e. The van der Waals surface area contributed by atoms with E-state index in [0.29, 0.717) is 30.0 Å². The predicted octanol–water partition coefficient (Wildman–Crippen LogP) is 3.03. The van der Waals surface area contributed by atoms with Crippen LogP contribution >= 0.6 is 0 Å². The summed E-state index contributed by atoms with van der Waals surface area (Å²) in [5, 5.41) is 7.25. The van der Waals surface area contributed by atoms with Crippen molar-refractivity contribution in [2.24, 2.45) is 5.92 Å². The maximum Gasteiger partial charge on any atom is 0.222 e. The molecule has 0 aromatic heterocycles. The second-order valence-corrected chi connectivity index (χ2v) is 8.58. The second-order valence-electron chi connectivity index (χ2n) is 8.58. The third-order valence-corrected chi connectivity index (χ3v) is 6.60. The molecule has 1 aromatic rings. The van der Waals surface area contributed by atoms with E-state index in [-0.39, 0.29) is 0 Å². The lowest BCUT2D eigenvalue weighted by Gasteiger charge is -2.35. The normalized spacial score (nSPS) is 27.5. The number of benzene rings is 1. The Balaban J connectivity index is 1.26. The molecule has 4 rings (SSSR count). The van der Waals surface area contributed by atoms with Gasteiger partial charge in [-0.05, 0) is 44.4 Å². The van der Waals surface area contributed by atoms with E-state index in [4.69, 9.17) is 9.47 Å². The molecule has 0 radical (unpaired) electrons. The average molecular weight is 388 g/mol. The van der Waals surface area contributed by atoms with Crippen LogP contribution in [0.3, 0.4) is 0 Å². The number of nitrogens with one attached hydrogen (secondary N) is 2. The maximum atomic E-state index is 12.8. The molecule has 154 valence electrons. The highest BCUT2D eigenvalue weighted by Gasteiger charge is 2.35. The Bertz CT molecular complexity index is 653. The Kier molecular flexibility index (Phi) is 5.95. The van der Waals surface area contributed by atoms with Gasteiger partial charge >= 0.3 is 0 Å². The van der Waals surface area contributed by atoms with Crippen molar-refractivity contribution >= 4 is 11.6 Å². The van der Waals surface area contributed by atoms with Gasteiger partial charge in [0.15, 0.2) is 0 Å². The summed E-state index contributed by atoms with van der Waals surface area (Å²) in [7, 11) is 3.33. The quantitative estimate of drug-likeness (QED) is 0.786. The van der Waals surface area contributed by atoms with Gasteiger partial charge < -0.3 is 25.0 Å². The Morgan fingerprint density at radius 1 is 1.04 bits per heavy atom. The van der Waals surface area contributed by atoms with Gasteiger partial charge in [-0.2, -0.15) is 0 Å². The van der Waals surface area contributed by atoms with Crippen LogP contribution in [-0.2, 0) is 4.79 Å². The molecule has 1 aromatic carbocycles. The number of rotatable bonds is 6. The van der Waals surface area contributed by atoms with Crippen molar-refractivity contribution < 1.29 is 14.3 Å². The van der Waals surface area contributed by atoms with Crippen LogP contribution in [0.15, 0.2) is 18.2 Å². The minimum atomic E-state index is 0.354. The lowest BCUT2D eigenvalue weighted by atomic mass is 9.89. The Morgan fingerprint density at radius 3 is 2.21 bits per heavy atom. The number of anilines is 1. The number of likely N-dealkylation sites (tertiary alicyclic amines) is 1. The molecule has 2 bridgehead atoms. The van der Waals surface area contributed by atoms with Crippen molar-refractivity contribution in [1.29, 1.82) is 0 Å². The lowest BCUT2D eigenvalue weighted by molar-refractivity contribution is -0.133. The van der Waals surface area contributed by atoms with Crippen molar-refractivity contribution in [3.63, 3.8) is 0 Å². The van der Waals surface area contributed by atoms with Crippen molar-refractivity contribution in [2.45, 2.75) is 63.1 Å². The van der Waals surface area contributed by atoms with Crippen molar-refractivity contribution in [2.75, 3.05) is 32.6 Å². The van der Waals surface area contributed by atoms with Crippen LogP contribution in [0.4, 0.5) is 5.69 Å². The molecule has 2 N–H and O–H groups in total. The molecule has 0 spiro atoms. The first-order valence-electron chi connectivity index (χ1n) is 10.7. The zero-order valence-electron chi connectivity index (χ0n) is 17.1. The lowest BCUT2D eigenvalue weighted by Crippen LogP contribution is -2.44. The van der Waals surface area contributed by atoms with Crippen molar-refractivity contribution in [3.05, 3.63) is 18.2 Å². The van der Waals surface area contributed by atoms with Gasteiger partial charge in [0, 0.05) is 61.5 Å². The Morgan fingerprint density at radius 2 is 1.64 bits per heavy atom. The Labute approximate surface area is 168 Å². The molecule has 2 unspecified atom stereocenters. The van der Waals surface area contributed by atoms with E-state index in [2.05, 4.69) is 15.5 Å². The van der Waals surface area contributed by atoms with Crippen LogP contribution in [-0.4, -0.2) is 56.2 Å². The highest BCUT2D eigenvalue weighted by atomic mass is 16.5. The van der Waals surface area contributed by atoms with Crippen molar-refractivity contribution in [3.8, 4) is 11.5 Å². The molecule has 3 aliphatic heterocycles. The largest absolute Gasteiger partial charge is 0.497 e. The molecular weight excluding hydrogens is 354 g/mol. The first-order valence-corrected chi connectivity index (χ1v) is 10.7. The molecule has 0 aliphatic carbocycles. The highest BCUT2D eigenvalue weighted by Crippen LogP contribution is 2.33. The Hall–Kier alpha value is -1.95. The maximum absolute atomic E-state index is 12.8. The van der Waals surface area contributed by atoms with Crippen LogP contribution in [0.1, 0.15) is 44.9 Å². The number of carbonyl (C=O) groups is 1. The summed E-state index contributed by atoms with van der Waals surface area (Å²) in [4.78, 5) is 14.9. The molecule has 2 atom stereocenters. The summed E-state index contributed by atoms with van der Waals surface area (Å²) in [6.07, 6.45) is 7.63. The third-order valence-electron chi connectivity index (χ3n) is 6.60. The number of ether oxygens (including phenoxy) is 2. The van der Waals surface area contributed by atoms with E-state index < -0.39 is 0 Å². The molecule has 1 amide bonds. The van der Waals surface area contributed by atoms with Crippen LogP contribution in [0.25, 0.3) is 0 Å². The van der Waals surface area contributed by atoms with Gasteiger partial charge in [0.1, 0.15) is 11.5 Å².